The highest BCUT2D eigenvalue weighted by molar-refractivity contribution is 9.10. The lowest BCUT2D eigenvalue weighted by molar-refractivity contribution is 0.0910. The first-order valence-electron chi connectivity index (χ1n) is 6.98. The molecule has 0 bridgehead atoms. The monoisotopic (exact) mass is 398 g/mol. The Hall–Kier alpha value is -1.74. The first-order valence-corrected chi connectivity index (χ1v) is 9.59. The average molecular weight is 399 g/mol. The van der Waals surface area contributed by atoms with Crippen LogP contribution in [-0.2, 0) is 9.84 Å². The minimum Gasteiger partial charge on any atom is -0.344 e. The fourth-order valence-corrected chi connectivity index (χ4v) is 5.04. The normalized spacial score (nSPS) is 22.9. The summed E-state index contributed by atoms with van der Waals surface area (Å²) in [5.41, 5.74) is 0.159. The number of benzene rings is 1. The standard InChI is InChI=1S/C14H15BrN4O3S/c1-14(5-6-23(21,22)9-14)16-13(20)12-8-19(18-17-12)11-4-2-3-10(15)7-11/h2-4,7-8H,5-6,9H2,1H3,(H,16,20). The largest absolute Gasteiger partial charge is 0.344 e. The third kappa shape index (κ3) is 3.61. The summed E-state index contributed by atoms with van der Waals surface area (Å²) in [7, 11) is -3.09. The van der Waals surface area contributed by atoms with Crippen molar-refractivity contribution in [3.05, 3.63) is 40.6 Å². The van der Waals surface area contributed by atoms with Crippen molar-refractivity contribution in [1.82, 2.24) is 20.3 Å². The van der Waals surface area contributed by atoms with E-state index in [1.807, 2.05) is 24.3 Å². The van der Waals surface area contributed by atoms with Gasteiger partial charge in [0, 0.05) is 4.47 Å². The van der Waals surface area contributed by atoms with Gasteiger partial charge in [-0.2, -0.15) is 0 Å². The van der Waals surface area contributed by atoms with Crippen LogP contribution < -0.4 is 5.32 Å². The minimum atomic E-state index is -3.09. The summed E-state index contributed by atoms with van der Waals surface area (Å²) in [6.07, 6.45) is 1.92. The molecule has 0 aliphatic carbocycles. The number of amides is 1. The van der Waals surface area contributed by atoms with E-state index in [4.69, 9.17) is 0 Å². The minimum absolute atomic E-state index is 0.0501. The van der Waals surface area contributed by atoms with Crippen LogP contribution >= 0.6 is 15.9 Å². The number of rotatable bonds is 3. The van der Waals surface area contributed by atoms with Crippen LogP contribution in [0.15, 0.2) is 34.9 Å². The first-order chi connectivity index (χ1) is 10.8. The summed E-state index contributed by atoms with van der Waals surface area (Å²) in [5.74, 6) is -0.383. The van der Waals surface area contributed by atoms with E-state index < -0.39 is 21.3 Å². The van der Waals surface area contributed by atoms with E-state index in [0.29, 0.717) is 6.42 Å². The van der Waals surface area contributed by atoms with Gasteiger partial charge in [-0.3, -0.25) is 4.79 Å². The summed E-state index contributed by atoms with van der Waals surface area (Å²) < 4.78 is 25.6. The highest BCUT2D eigenvalue weighted by Gasteiger charge is 2.39. The first kappa shape index (κ1) is 16.1. The fourth-order valence-electron chi connectivity index (χ4n) is 2.56. The van der Waals surface area contributed by atoms with Crippen molar-refractivity contribution in [2.45, 2.75) is 18.9 Å². The molecule has 1 atom stereocenters. The number of aromatic nitrogens is 3. The number of hydrogen-bond acceptors (Lipinski definition) is 5. The number of halogens is 1. The van der Waals surface area contributed by atoms with Gasteiger partial charge in [-0.1, -0.05) is 27.2 Å². The Kier molecular flexibility index (Phi) is 4.01. The van der Waals surface area contributed by atoms with Gasteiger partial charge in [-0.05, 0) is 31.5 Å². The Morgan fingerprint density at radius 2 is 2.22 bits per heavy atom. The molecular weight excluding hydrogens is 384 g/mol. The maximum atomic E-state index is 12.3. The Bertz CT molecular complexity index is 864. The Balaban J connectivity index is 1.77. The van der Waals surface area contributed by atoms with Crippen LogP contribution in [0.4, 0.5) is 0 Å². The van der Waals surface area contributed by atoms with E-state index in [2.05, 4.69) is 31.6 Å². The van der Waals surface area contributed by atoms with E-state index in [9.17, 15) is 13.2 Å². The van der Waals surface area contributed by atoms with Gasteiger partial charge in [-0.25, -0.2) is 13.1 Å². The van der Waals surface area contributed by atoms with Gasteiger partial charge in [0.05, 0.1) is 28.9 Å². The quantitative estimate of drug-likeness (QED) is 0.841. The van der Waals surface area contributed by atoms with Gasteiger partial charge in [0.1, 0.15) is 0 Å². The van der Waals surface area contributed by atoms with Gasteiger partial charge in [-0.15, -0.1) is 5.10 Å². The number of hydrogen-bond donors (Lipinski definition) is 1. The lowest BCUT2D eigenvalue weighted by Crippen LogP contribution is -2.47. The second-order valence-corrected chi connectivity index (χ2v) is 8.98. The van der Waals surface area contributed by atoms with Crippen LogP contribution in [0.25, 0.3) is 5.69 Å². The molecule has 9 heteroatoms. The SMILES string of the molecule is CC1(NC(=O)c2cn(-c3cccc(Br)c3)nn2)CCS(=O)(=O)C1. The summed E-state index contributed by atoms with van der Waals surface area (Å²) in [6, 6.07) is 7.42. The van der Waals surface area contributed by atoms with Crippen molar-refractivity contribution in [2.24, 2.45) is 0 Å². The second kappa shape index (κ2) is 5.72. The number of carbonyl (C=O) groups is 1. The molecule has 1 N–H and O–H groups in total. The van der Waals surface area contributed by atoms with Crippen molar-refractivity contribution in [3.8, 4) is 5.69 Å². The predicted molar refractivity (Wildman–Crippen MR) is 88.2 cm³/mol. The third-order valence-electron chi connectivity index (χ3n) is 3.72. The molecular formula is C14H15BrN4O3S. The smallest absolute Gasteiger partial charge is 0.273 e. The molecule has 1 unspecified atom stereocenters. The van der Waals surface area contributed by atoms with Crippen LogP contribution in [0.2, 0.25) is 0 Å². The number of sulfone groups is 1. The molecule has 1 amide bonds. The highest BCUT2D eigenvalue weighted by atomic mass is 79.9. The van der Waals surface area contributed by atoms with E-state index in [1.54, 1.807) is 6.92 Å². The molecule has 2 heterocycles. The molecule has 2 aromatic rings. The number of carbonyl (C=O) groups excluding carboxylic acids is 1. The Morgan fingerprint density at radius 3 is 2.87 bits per heavy atom. The van der Waals surface area contributed by atoms with Crippen molar-refractivity contribution >= 4 is 31.7 Å². The molecule has 1 aliphatic heterocycles. The summed E-state index contributed by atoms with van der Waals surface area (Å²) >= 11 is 3.37. The summed E-state index contributed by atoms with van der Waals surface area (Å²) in [5, 5.41) is 10.6. The molecule has 122 valence electrons. The molecule has 0 radical (unpaired) electrons. The molecule has 7 nitrogen and oxygen atoms in total. The zero-order valence-electron chi connectivity index (χ0n) is 12.4. The van der Waals surface area contributed by atoms with E-state index in [1.165, 1.54) is 10.9 Å². The lowest BCUT2D eigenvalue weighted by atomic mass is 10.0. The maximum Gasteiger partial charge on any atom is 0.273 e. The maximum absolute atomic E-state index is 12.3. The van der Waals surface area contributed by atoms with Crippen molar-refractivity contribution in [2.75, 3.05) is 11.5 Å². The zero-order valence-corrected chi connectivity index (χ0v) is 14.8. The molecule has 1 fully saturated rings. The molecule has 0 spiro atoms. The van der Waals surface area contributed by atoms with Crippen LogP contribution in [0.1, 0.15) is 23.8 Å². The van der Waals surface area contributed by atoms with Crippen LogP contribution in [0.5, 0.6) is 0 Å². The van der Waals surface area contributed by atoms with Gasteiger partial charge in [0.15, 0.2) is 15.5 Å². The molecule has 1 aromatic carbocycles. The highest BCUT2D eigenvalue weighted by Crippen LogP contribution is 2.23. The molecule has 3 rings (SSSR count). The topological polar surface area (TPSA) is 93.9 Å². The van der Waals surface area contributed by atoms with Gasteiger partial charge >= 0.3 is 0 Å². The van der Waals surface area contributed by atoms with Crippen molar-refractivity contribution in [1.29, 1.82) is 0 Å². The van der Waals surface area contributed by atoms with E-state index >= 15 is 0 Å². The van der Waals surface area contributed by atoms with Crippen molar-refractivity contribution < 1.29 is 13.2 Å². The lowest BCUT2D eigenvalue weighted by Gasteiger charge is -2.22. The van der Waals surface area contributed by atoms with Gasteiger partial charge in [0.25, 0.3) is 5.91 Å². The number of nitrogens with one attached hydrogen (secondary N) is 1. The molecule has 0 saturated carbocycles. The van der Waals surface area contributed by atoms with E-state index in [0.717, 1.165) is 10.2 Å². The molecule has 1 aromatic heterocycles. The Morgan fingerprint density at radius 1 is 1.43 bits per heavy atom. The van der Waals surface area contributed by atoms with Crippen LogP contribution in [0.3, 0.4) is 0 Å². The molecule has 23 heavy (non-hydrogen) atoms. The fraction of sp³-hybridized carbons (Fsp3) is 0.357. The molecule has 1 aliphatic rings. The second-order valence-electron chi connectivity index (χ2n) is 5.89. The average Bonchev–Trinajstić information content (AvgIpc) is 3.04. The third-order valence-corrected chi connectivity index (χ3v) is 6.11. The van der Waals surface area contributed by atoms with Crippen LogP contribution in [-0.4, -0.2) is 46.4 Å². The summed E-state index contributed by atoms with van der Waals surface area (Å²) in [6.45, 7) is 1.73. The van der Waals surface area contributed by atoms with Crippen molar-refractivity contribution in [3.63, 3.8) is 0 Å². The Labute approximate surface area is 142 Å². The zero-order chi connectivity index (χ0) is 16.7. The van der Waals surface area contributed by atoms with Gasteiger partial charge < -0.3 is 5.32 Å². The van der Waals surface area contributed by atoms with E-state index in [-0.39, 0.29) is 17.2 Å². The van der Waals surface area contributed by atoms with Gasteiger partial charge in [0.2, 0.25) is 0 Å². The summed E-state index contributed by atoms with van der Waals surface area (Å²) in [4.78, 5) is 12.3. The number of nitrogens with zero attached hydrogens (tertiary/aromatic N) is 3. The van der Waals surface area contributed by atoms with Crippen LogP contribution in [0, 0.1) is 0 Å². The molecule has 1 saturated heterocycles. The predicted octanol–water partition coefficient (Wildman–Crippen LogP) is 1.34.